The lowest BCUT2D eigenvalue weighted by Crippen LogP contribution is -2.49. The molecule has 2 aromatic rings. The maximum Gasteiger partial charge on any atom is 0.313 e. The molecule has 1 aliphatic rings. The molecule has 1 aliphatic carbocycles. The van der Waals surface area contributed by atoms with Crippen molar-refractivity contribution in [3.05, 3.63) is 35.7 Å². The Balaban J connectivity index is 1.88. The van der Waals surface area contributed by atoms with Gasteiger partial charge in [0.15, 0.2) is 5.82 Å². The minimum atomic E-state index is -0.354. The van der Waals surface area contributed by atoms with Crippen LogP contribution >= 0.6 is 0 Å². The van der Waals surface area contributed by atoms with E-state index in [1.165, 1.54) is 17.2 Å². The van der Waals surface area contributed by atoms with Crippen LogP contribution in [-0.4, -0.2) is 32.7 Å². The van der Waals surface area contributed by atoms with Gasteiger partial charge < -0.3 is 4.74 Å². The van der Waals surface area contributed by atoms with E-state index in [9.17, 15) is 9.59 Å². The molecule has 2 unspecified atom stereocenters. The van der Waals surface area contributed by atoms with Crippen molar-refractivity contribution in [3.8, 4) is 11.4 Å². The van der Waals surface area contributed by atoms with E-state index in [1.807, 2.05) is 12.1 Å². The smallest absolute Gasteiger partial charge is 0.313 e. The maximum absolute atomic E-state index is 13.4. The Bertz CT molecular complexity index is 1090. The van der Waals surface area contributed by atoms with Crippen molar-refractivity contribution in [3.63, 3.8) is 0 Å². The van der Waals surface area contributed by atoms with Gasteiger partial charge in [-0.05, 0) is 40.6 Å². The van der Waals surface area contributed by atoms with Crippen LogP contribution in [0.3, 0.4) is 0 Å². The molecule has 6 nitrogen and oxygen atoms in total. The Hall–Kier alpha value is -2.50. The van der Waals surface area contributed by atoms with Gasteiger partial charge in [0.05, 0.1) is 0 Å². The molecule has 0 radical (unpaired) electrons. The molecule has 6 heteroatoms. The Morgan fingerprint density at radius 2 is 1.43 bits per heavy atom. The summed E-state index contributed by atoms with van der Waals surface area (Å²) in [4.78, 5) is 30.4. The monoisotopic (exact) mass is 509 g/mol. The van der Waals surface area contributed by atoms with Gasteiger partial charge in [0.1, 0.15) is 18.3 Å². The highest BCUT2D eigenvalue weighted by Crippen LogP contribution is 2.49. The first-order valence-corrected chi connectivity index (χ1v) is 13.6. The van der Waals surface area contributed by atoms with Crippen LogP contribution in [0.2, 0.25) is 0 Å². The summed E-state index contributed by atoms with van der Waals surface area (Å²) in [6.07, 6.45) is 1.80. The molecule has 1 aromatic carbocycles. The van der Waals surface area contributed by atoms with Crippen LogP contribution in [0.15, 0.2) is 24.3 Å². The molecule has 0 N–H and O–H groups in total. The van der Waals surface area contributed by atoms with Gasteiger partial charge >= 0.3 is 5.97 Å². The van der Waals surface area contributed by atoms with Crippen molar-refractivity contribution >= 4 is 11.9 Å². The number of rotatable bonds is 4. The minimum absolute atomic E-state index is 0.00885. The molecule has 2 atom stereocenters. The summed E-state index contributed by atoms with van der Waals surface area (Å²) in [5.74, 6) is 1.21. The standard InChI is InChI=1S/C31H47N3O3/c1-19-16-23(30(6,7)8)27(24(17-19)31(9,10)11)37-26(36)18-25-32-28(33-34(25)20(2)35)21-12-14-22(15-13-21)29(3,4)5/h12-15,19,23-24,27H,16-18H2,1-11H3. The van der Waals surface area contributed by atoms with Crippen LogP contribution in [0.1, 0.15) is 105 Å². The summed E-state index contributed by atoms with van der Waals surface area (Å²) in [5, 5.41) is 4.44. The fourth-order valence-electron chi connectivity index (χ4n) is 5.64. The van der Waals surface area contributed by atoms with E-state index in [0.29, 0.717) is 17.6 Å². The van der Waals surface area contributed by atoms with Crippen molar-refractivity contribution in [1.82, 2.24) is 14.8 Å². The maximum atomic E-state index is 13.4. The summed E-state index contributed by atoms with van der Waals surface area (Å²) >= 11 is 0. The number of esters is 1. The number of carbonyl (C=O) groups is 2. The van der Waals surface area contributed by atoms with Gasteiger partial charge in [-0.1, -0.05) is 93.5 Å². The number of benzene rings is 1. The van der Waals surface area contributed by atoms with Crippen LogP contribution in [-0.2, 0) is 21.4 Å². The second-order valence-electron chi connectivity index (χ2n) is 14.3. The molecule has 1 aromatic heterocycles. The van der Waals surface area contributed by atoms with Gasteiger partial charge in [-0.2, -0.15) is 4.68 Å². The van der Waals surface area contributed by atoms with Gasteiger partial charge in [-0.25, -0.2) is 4.98 Å². The molecule has 0 bridgehead atoms. The van der Waals surface area contributed by atoms with Crippen LogP contribution in [0.4, 0.5) is 0 Å². The first-order chi connectivity index (χ1) is 16.9. The first kappa shape index (κ1) is 29.1. The van der Waals surface area contributed by atoms with Crippen LogP contribution in [0, 0.1) is 28.6 Å². The predicted octanol–water partition coefficient (Wildman–Crippen LogP) is 7.11. The van der Waals surface area contributed by atoms with Gasteiger partial charge in [-0.15, -0.1) is 5.10 Å². The molecule has 1 saturated carbocycles. The third kappa shape index (κ3) is 6.88. The number of ether oxygens (including phenoxy) is 1. The van der Waals surface area contributed by atoms with Crippen molar-refractivity contribution in [2.45, 2.75) is 107 Å². The number of aromatic nitrogens is 3. The summed E-state index contributed by atoms with van der Waals surface area (Å²) < 4.78 is 7.53. The normalized spacial score (nSPS) is 23.1. The topological polar surface area (TPSA) is 74.1 Å². The minimum Gasteiger partial charge on any atom is -0.461 e. The molecule has 1 fully saturated rings. The third-order valence-corrected chi connectivity index (χ3v) is 7.88. The van der Waals surface area contributed by atoms with Crippen LogP contribution in [0.25, 0.3) is 11.4 Å². The van der Waals surface area contributed by atoms with Crippen LogP contribution in [0.5, 0.6) is 0 Å². The molecule has 204 valence electrons. The fraction of sp³-hybridized carbons (Fsp3) is 0.677. The van der Waals surface area contributed by atoms with E-state index in [2.05, 4.69) is 91.5 Å². The summed E-state index contributed by atoms with van der Waals surface area (Å²) in [5.41, 5.74) is 2.06. The average molecular weight is 510 g/mol. The molecule has 0 aliphatic heterocycles. The van der Waals surface area contributed by atoms with Gasteiger partial charge in [0, 0.05) is 24.3 Å². The molecule has 0 saturated heterocycles. The highest BCUT2D eigenvalue weighted by Gasteiger charge is 2.48. The molecule has 0 amide bonds. The van der Waals surface area contributed by atoms with E-state index in [-0.39, 0.29) is 52.5 Å². The summed E-state index contributed by atoms with van der Waals surface area (Å²) in [6, 6.07) is 8.04. The van der Waals surface area contributed by atoms with Gasteiger partial charge in [0.2, 0.25) is 5.91 Å². The van der Waals surface area contributed by atoms with E-state index in [1.54, 1.807) is 0 Å². The second-order valence-corrected chi connectivity index (χ2v) is 14.3. The highest BCUT2D eigenvalue weighted by atomic mass is 16.5. The number of nitrogens with zero attached hydrogens (tertiary/aromatic N) is 3. The third-order valence-electron chi connectivity index (χ3n) is 7.88. The fourth-order valence-corrected chi connectivity index (χ4v) is 5.64. The van der Waals surface area contributed by atoms with E-state index < -0.39 is 0 Å². The molecule has 3 rings (SSSR count). The van der Waals surface area contributed by atoms with Gasteiger partial charge in [-0.3, -0.25) is 9.59 Å². The molecule has 0 spiro atoms. The zero-order valence-electron chi connectivity index (χ0n) is 24.8. The Morgan fingerprint density at radius 3 is 1.86 bits per heavy atom. The Kier molecular flexibility index (Phi) is 8.12. The van der Waals surface area contributed by atoms with Gasteiger partial charge in [0.25, 0.3) is 0 Å². The van der Waals surface area contributed by atoms with E-state index in [4.69, 9.17) is 4.74 Å². The number of hydrogen-bond donors (Lipinski definition) is 0. The Labute approximate surface area is 223 Å². The highest BCUT2D eigenvalue weighted by molar-refractivity contribution is 5.79. The zero-order chi connectivity index (χ0) is 27.9. The van der Waals surface area contributed by atoms with E-state index in [0.717, 1.165) is 18.4 Å². The lowest BCUT2D eigenvalue weighted by molar-refractivity contribution is -0.168. The Morgan fingerprint density at radius 1 is 0.919 bits per heavy atom. The van der Waals surface area contributed by atoms with Crippen molar-refractivity contribution in [1.29, 1.82) is 0 Å². The summed E-state index contributed by atoms with van der Waals surface area (Å²) in [6.45, 7) is 23.6. The quantitative estimate of drug-likeness (QED) is 0.411. The molecular formula is C31H47N3O3. The first-order valence-electron chi connectivity index (χ1n) is 13.6. The largest absolute Gasteiger partial charge is 0.461 e. The molecular weight excluding hydrogens is 462 g/mol. The molecule has 1 heterocycles. The van der Waals surface area contributed by atoms with Crippen molar-refractivity contribution in [2.75, 3.05) is 0 Å². The SMILES string of the molecule is CC(=O)n1nc(-c2ccc(C(C)(C)C)cc2)nc1CC(=O)OC1C(C(C)(C)C)CC(C)CC1C(C)(C)C. The zero-order valence-corrected chi connectivity index (χ0v) is 24.8. The van der Waals surface area contributed by atoms with Crippen molar-refractivity contribution < 1.29 is 14.3 Å². The average Bonchev–Trinajstić information content (AvgIpc) is 3.16. The number of carbonyl (C=O) groups excluding carboxylic acids is 2. The number of hydrogen-bond acceptors (Lipinski definition) is 5. The second kappa shape index (κ2) is 10.3. The lowest BCUT2D eigenvalue weighted by atomic mass is 9.59. The lowest BCUT2D eigenvalue weighted by Gasteiger charge is -2.50. The van der Waals surface area contributed by atoms with Crippen molar-refractivity contribution in [2.24, 2.45) is 28.6 Å². The van der Waals surface area contributed by atoms with E-state index >= 15 is 0 Å². The summed E-state index contributed by atoms with van der Waals surface area (Å²) in [7, 11) is 0. The van der Waals surface area contributed by atoms with Crippen LogP contribution < -0.4 is 0 Å². The molecule has 37 heavy (non-hydrogen) atoms. The predicted molar refractivity (Wildman–Crippen MR) is 148 cm³/mol.